The van der Waals surface area contributed by atoms with Crippen LogP contribution in [0.1, 0.15) is 27.9 Å². The van der Waals surface area contributed by atoms with Gasteiger partial charge in [0.25, 0.3) is 5.91 Å². The second kappa shape index (κ2) is 12.4. The number of nitrogens with zero attached hydrogens (tertiary/aromatic N) is 5. The average molecular weight is 610 g/mol. The highest BCUT2D eigenvalue weighted by Gasteiger charge is 2.33. The number of ether oxygens (including phenoxy) is 1. The number of carbonyl (C=O) groups is 1. The molecule has 0 unspecified atom stereocenters. The van der Waals surface area contributed by atoms with E-state index in [0.717, 1.165) is 31.2 Å². The summed E-state index contributed by atoms with van der Waals surface area (Å²) in [5.74, 6) is -1.12. The Bertz CT molecular complexity index is 1680. The van der Waals surface area contributed by atoms with Crippen LogP contribution in [0.4, 0.5) is 34.9 Å². The minimum atomic E-state index is -4.64. The summed E-state index contributed by atoms with van der Waals surface area (Å²) < 4.78 is 62.2. The highest BCUT2D eigenvalue weighted by Crippen LogP contribution is 2.38. The molecule has 1 aliphatic rings. The summed E-state index contributed by atoms with van der Waals surface area (Å²) >= 11 is 0. The fourth-order valence-corrected chi connectivity index (χ4v) is 5.07. The first-order chi connectivity index (χ1) is 20.9. The number of anilines is 3. The molecule has 1 aliphatic heterocycles. The molecule has 0 bridgehead atoms. The van der Waals surface area contributed by atoms with Gasteiger partial charge in [0.1, 0.15) is 11.6 Å². The molecule has 4 aromatic rings. The molecule has 0 saturated carbocycles. The Labute approximate surface area is 251 Å². The second-order valence-electron chi connectivity index (χ2n) is 10.6. The van der Waals surface area contributed by atoms with Gasteiger partial charge in [-0.2, -0.15) is 13.2 Å². The molecule has 0 radical (unpaired) electrons. The van der Waals surface area contributed by atoms with Gasteiger partial charge in [0.05, 0.1) is 33.8 Å². The van der Waals surface area contributed by atoms with Crippen molar-refractivity contribution in [1.29, 1.82) is 0 Å². The summed E-state index contributed by atoms with van der Waals surface area (Å²) in [6, 6.07) is 10.6. The van der Waals surface area contributed by atoms with Gasteiger partial charge < -0.3 is 25.2 Å². The third kappa shape index (κ3) is 6.57. The molecule has 9 nitrogen and oxygen atoms in total. The molecule has 1 fully saturated rings. The largest absolute Gasteiger partial charge is 0.438 e. The number of rotatable bonds is 8. The van der Waals surface area contributed by atoms with Crippen LogP contribution in [0.25, 0.3) is 11.3 Å². The molecule has 44 heavy (non-hydrogen) atoms. The molecular weight excluding hydrogens is 578 g/mol. The fourth-order valence-electron chi connectivity index (χ4n) is 5.07. The van der Waals surface area contributed by atoms with Crippen molar-refractivity contribution in [3.8, 4) is 22.9 Å². The monoisotopic (exact) mass is 609 g/mol. The molecule has 5 rings (SSSR count). The predicted molar refractivity (Wildman–Crippen MR) is 160 cm³/mol. The Balaban J connectivity index is 1.47. The zero-order valence-corrected chi connectivity index (χ0v) is 24.5. The average Bonchev–Trinajstić information content (AvgIpc) is 3.44. The first-order valence-corrected chi connectivity index (χ1v) is 13.8. The molecule has 3 heterocycles. The number of aryl methyl sites for hydroxylation is 1. The molecule has 0 spiro atoms. The van der Waals surface area contributed by atoms with Crippen molar-refractivity contribution in [3.63, 3.8) is 0 Å². The number of nitrogens with one attached hydrogen (secondary N) is 2. The Hall–Kier alpha value is -4.78. The van der Waals surface area contributed by atoms with Crippen molar-refractivity contribution < 1.29 is 27.1 Å². The summed E-state index contributed by atoms with van der Waals surface area (Å²) in [6.45, 7) is 3.14. The van der Waals surface area contributed by atoms with Crippen molar-refractivity contribution >= 4 is 23.2 Å². The minimum absolute atomic E-state index is 0.0233. The molecule has 2 N–H and O–H groups in total. The van der Waals surface area contributed by atoms with Crippen LogP contribution in [0.3, 0.4) is 0 Å². The molecule has 1 amide bonds. The maximum absolute atomic E-state index is 15.2. The van der Waals surface area contributed by atoms with Crippen molar-refractivity contribution in [1.82, 2.24) is 19.9 Å². The summed E-state index contributed by atoms with van der Waals surface area (Å²) in [5.41, 5.74) is 0.374. The first-order valence-electron chi connectivity index (χ1n) is 13.8. The molecule has 1 saturated heterocycles. The van der Waals surface area contributed by atoms with Crippen LogP contribution in [0.2, 0.25) is 0 Å². The highest BCUT2D eigenvalue weighted by molar-refractivity contribution is 6.06. The van der Waals surface area contributed by atoms with Gasteiger partial charge >= 0.3 is 6.18 Å². The Morgan fingerprint density at radius 2 is 1.91 bits per heavy atom. The summed E-state index contributed by atoms with van der Waals surface area (Å²) in [7, 11) is 5.41. The van der Waals surface area contributed by atoms with Gasteiger partial charge in [-0.15, -0.1) is 0 Å². The summed E-state index contributed by atoms with van der Waals surface area (Å²) in [5, 5.41) is 5.39. The van der Waals surface area contributed by atoms with Gasteiger partial charge in [-0.25, -0.2) is 19.3 Å². The van der Waals surface area contributed by atoms with Gasteiger partial charge in [-0.1, -0.05) is 0 Å². The Kier molecular flexibility index (Phi) is 8.68. The van der Waals surface area contributed by atoms with Crippen LogP contribution in [0, 0.1) is 12.7 Å². The van der Waals surface area contributed by atoms with Crippen LogP contribution >= 0.6 is 0 Å². The normalized spacial score (nSPS) is 15.2. The van der Waals surface area contributed by atoms with Crippen LogP contribution < -0.4 is 20.3 Å². The lowest BCUT2D eigenvalue weighted by Gasteiger charge is -2.29. The standard InChI is InChI=1S/C31H31F4N7O2/c1-18-14-23(32)22(16-27(18)44-29-21(6-5-11-37-29)24-9-12-38-30(36-2)40-24)28(43)39-25-15-19(31(33,34)35)7-8-26(25)42(4)20-10-13-41(3)17-20/h5-9,11-12,14-16,20H,10,13,17H2,1-4H3,(H,39,43)(H,36,38,40)/t20-/m0/s1. The van der Waals surface area contributed by atoms with Gasteiger partial charge in [0.2, 0.25) is 11.8 Å². The quantitative estimate of drug-likeness (QED) is 0.227. The number of hydrogen-bond donors (Lipinski definition) is 2. The van der Waals surface area contributed by atoms with Gasteiger partial charge in [0, 0.05) is 39.1 Å². The number of likely N-dealkylation sites (N-methyl/N-ethyl adjacent to an activating group) is 2. The molecule has 230 valence electrons. The van der Waals surface area contributed by atoms with E-state index in [1.165, 1.54) is 18.3 Å². The lowest BCUT2D eigenvalue weighted by Crippen LogP contribution is -2.34. The van der Waals surface area contributed by atoms with Gasteiger partial charge in [0.15, 0.2) is 0 Å². The van der Waals surface area contributed by atoms with E-state index in [4.69, 9.17) is 4.74 Å². The van der Waals surface area contributed by atoms with E-state index < -0.39 is 29.0 Å². The molecule has 2 aromatic heterocycles. The maximum atomic E-state index is 15.2. The number of likely N-dealkylation sites (tertiary alicyclic amines) is 1. The van der Waals surface area contributed by atoms with Crippen molar-refractivity contribution in [3.05, 3.63) is 83.4 Å². The zero-order valence-electron chi connectivity index (χ0n) is 24.5. The number of pyridine rings is 1. The lowest BCUT2D eigenvalue weighted by molar-refractivity contribution is -0.137. The molecule has 2 aromatic carbocycles. The van der Waals surface area contributed by atoms with E-state index in [-0.39, 0.29) is 23.4 Å². The number of benzene rings is 2. The van der Waals surface area contributed by atoms with E-state index in [0.29, 0.717) is 35.0 Å². The Morgan fingerprint density at radius 3 is 2.61 bits per heavy atom. The number of carbonyl (C=O) groups excluding carboxylic acids is 1. The fraction of sp³-hybridized carbons (Fsp3) is 0.290. The third-order valence-electron chi connectivity index (χ3n) is 7.51. The molecule has 13 heteroatoms. The number of amides is 1. The molecule has 0 aliphatic carbocycles. The third-order valence-corrected chi connectivity index (χ3v) is 7.51. The van der Waals surface area contributed by atoms with Crippen LogP contribution in [0.5, 0.6) is 11.6 Å². The zero-order chi connectivity index (χ0) is 31.6. The van der Waals surface area contributed by atoms with E-state index >= 15 is 4.39 Å². The van der Waals surface area contributed by atoms with Crippen LogP contribution in [-0.4, -0.2) is 66.0 Å². The summed E-state index contributed by atoms with van der Waals surface area (Å²) in [4.78, 5) is 30.3. The predicted octanol–water partition coefficient (Wildman–Crippen LogP) is 6.23. The molecule has 1 atom stereocenters. The minimum Gasteiger partial charge on any atom is -0.438 e. The van der Waals surface area contributed by atoms with E-state index in [2.05, 4.69) is 30.5 Å². The van der Waals surface area contributed by atoms with Crippen molar-refractivity contribution in [2.45, 2.75) is 25.6 Å². The van der Waals surface area contributed by atoms with Crippen molar-refractivity contribution in [2.75, 3.05) is 49.8 Å². The van der Waals surface area contributed by atoms with Crippen molar-refractivity contribution in [2.24, 2.45) is 0 Å². The van der Waals surface area contributed by atoms with Gasteiger partial charge in [-0.05, 0) is 81.0 Å². The highest BCUT2D eigenvalue weighted by atomic mass is 19.4. The number of alkyl halides is 3. The van der Waals surface area contributed by atoms with Crippen LogP contribution in [0.15, 0.2) is 60.9 Å². The molecular formula is C31H31F4N7O2. The van der Waals surface area contributed by atoms with Crippen LogP contribution in [-0.2, 0) is 6.18 Å². The SMILES string of the molecule is CNc1nccc(-c2cccnc2Oc2cc(C(=O)Nc3cc(C(F)(F)F)ccc3N(C)[C@H]3CCN(C)C3)c(F)cc2C)n1. The topological polar surface area (TPSA) is 95.5 Å². The van der Waals surface area contributed by atoms with E-state index in [1.54, 1.807) is 45.4 Å². The Morgan fingerprint density at radius 1 is 1.11 bits per heavy atom. The lowest BCUT2D eigenvalue weighted by atomic mass is 10.1. The number of aromatic nitrogens is 3. The van der Waals surface area contributed by atoms with Gasteiger partial charge in [-0.3, -0.25) is 4.79 Å². The first kappa shape index (κ1) is 30.7. The maximum Gasteiger partial charge on any atom is 0.416 e. The van der Waals surface area contributed by atoms with E-state index in [9.17, 15) is 18.0 Å². The van der Waals surface area contributed by atoms with E-state index in [1.807, 2.05) is 11.9 Å². The number of hydrogen-bond acceptors (Lipinski definition) is 8. The summed E-state index contributed by atoms with van der Waals surface area (Å²) in [6.07, 6.45) is -0.756. The second-order valence-corrected chi connectivity index (χ2v) is 10.6. The smallest absolute Gasteiger partial charge is 0.416 e. The number of halogens is 4.